The molecular formula is C11H9ClF2N2O3. The molecule has 1 aliphatic rings. The predicted octanol–water partition coefficient (Wildman–Crippen LogP) is 2.46. The number of benzene rings is 1. The lowest BCUT2D eigenvalue weighted by Crippen LogP contribution is -2.26. The summed E-state index contributed by atoms with van der Waals surface area (Å²) in [7, 11) is 0. The summed E-state index contributed by atoms with van der Waals surface area (Å²) in [6.07, 6.45) is 0.147. The fourth-order valence-electron chi connectivity index (χ4n) is 1.99. The van der Waals surface area contributed by atoms with E-state index in [1.54, 1.807) is 0 Å². The van der Waals surface area contributed by atoms with E-state index in [-0.39, 0.29) is 36.4 Å². The molecule has 2 rings (SSSR count). The van der Waals surface area contributed by atoms with Crippen molar-refractivity contribution in [3.05, 3.63) is 33.9 Å². The van der Waals surface area contributed by atoms with Gasteiger partial charge in [0.25, 0.3) is 0 Å². The van der Waals surface area contributed by atoms with Crippen LogP contribution >= 0.6 is 11.6 Å². The number of nitrogens with zero attached hydrogens (tertiary/aromatic N) is 2. The van der Waals surface area contributed by atoms with Crippen LogP contribution in [0.15, 0.2) is 12.1 Å². The number of hydrogen-bond acceptors (Lipinski definition) is 3. The largest absolute Gasteiger partial charge is 0.309 e. The average molecular weight is 291 g/mol. The minimum atomic E-state index is -1.27. The second-order valence-corrected chi connectivity index (χ2v) is 4.55. The van der Waals surface area contributed by atoms with E-state index in [4.69, 9.17) is 11.6 Å². The van der Waals surface area contributed by atoms with Crippen molar-refractivity contribution in [1.29, 1.82) is 0 Å². The first-order valence-electron chi connectivity index (χ1n) is 5.43. The number of anilines is 1. The maximum absolute atomic E-state index is 13.7. The van der Waals surface area contributed by atoms with Crippen LogP contribution in [-0.2, 0) is 4.79 Å². The fourth-order valence-corrected chi connectivity index (χ4v) is 2.20. The summed E-state index contributed by atoms with van der Waals surface area (Å²) in [5.74, 6) is -2.57. The number of nitro benzene ring substituents is 1. The number of carbonyl (C=O) groups excluding carboxylic acids is 1. The van der Waals surface area contributed by atoms with E-state index < -0.39 is 22.2 Å². The van der Waals surface area contributed by atoms with Gasteiger partial charge in [0.1, 0.15) is 5.82 Å². The van der Waals surface area contributed by atoms with Crippen molar-refractivity contribution < 1.29 is 18.5 Å². The van der Waals surface area contributed by atoms with Crippen LogP contribution in [0.3, 0.4) is 0 Å². The van der Waals surface area contributed by atoms with E-state index in [1.807, 2.05) is 0 Å². The minimum absolute atomic E-state index is 0.141. The van der Waals surface area contributed by atoms with Gasteiger partial charge in [-0.3, -0.25) is 14.9 Å². The number of alkyl halides is 1. The van der Waals surface area contributed by atoms with Crippen LogP contribution in [0.5, 0.6) is 0 Å². The Morgan fingerprint density at radius 2 is 2.11 bits per heavy atom. The Labute approximate surface area is 111 Å². The second kappa shape index (κ2) is 5.08. The number of amides is 1. The molecule has 1 aromatic rings. The lowest BCUT2D eigenvalue weighted by molar-refractivity contribution is -0.387. The van der Waals surface area contributed by atoms with Gasteiger partial charge in [0, 0.05) is 31.0 Å². The van der Waals surface area contributed by atoms with E-state index >= 15 is 0 Å². The Morgan fingerprint density at radius 3 is 2.63 bits per heavy atom. The maximum atomic E-state index is 13.7. The predicted molar refractivity (Wildman–Crippen MR) is 64.2 cm³/mol. The summed E-state index contributed by atoms with van der Waals surface area (Å²) in [6.45, 7) is 0.169. The topological polar surface area (TPSA) is 63.5 Å². The Kier molecular flexibility index (Phi) is 3.66. The Hall–Kier alpha value is -1.76. The SMILES string of the molecule is O=C1CC(CCl)CN1c1cc([N+](=O)[O-])c(F)cc1F. The van der Waals surface area contributed by atoms with Gasteiger partial charge < -0.3 is 4.90 Å². The van der Waals surface area contributed by atoms with E-state index in [0.29, 0.717) is 6.07 Å². The zero-order chi connectivity index (χ0) is 14.2. The third-order valence-electron chi connectivity index (χ3n) is 2.93. The molecule has 0 saturated carbocycles. The fraction of sp³-hybridized carbons (Fsp3) is 0.364. The standard InChI is InChI=1S/C11H9ClF2N2O3/c12-4-6-1-11(17)15(5-6)9-3-10(16(18)19)8(14)2-7(9)13/h2-3,6H,1,4-5H2. The highest BCUT2D eigenvalue weighted by atomic mass is 35.5. The van der Waals surface area contributed by atoms with E-state index in [2.05, 4.69) is 0 Å². The van der Waals surface area contributed by atoms with Crippen molar-refractivity contribution in [3.63, 3.8) is 0 Å². The minimum Gasteiger partial charge on any atom is -0.309 e. The molecule has 0 spiro atoms. The molecule has 0 aliphatic carbocycles. The summed E-state index contributed by atoms with van der Waals surface area (Å²) in [5.41, 5.74) is -1.15. The summed E-state index contributed by atoms with van der Waals surface area (Å²) in [5, 5.41) is 10.6. The molecule has 102 valence electrons. The van der Waals surface area contributed by atoms with E-state index in [0.717, 1.165) is 11.0 Å². The van der Waals surface area contributed by atoms with Crippen LogP contribution in [0, 0.1) is 27.7 Å². The Bertz CT molecular complexity index is 553. The van der Waals surface area contributed by atoms with Gasteiger partial charge >= 0.3 is 5.69 Å². The molecule has 1 saturated heterocycles. The summed E-state index contributed by atoms with van der Waals surface area (Å²) >= 11 is 5.63. The van der Waals surface area contributed by atoms with Crippen LogP contribution in [0.1, 0.15) is 6.42 Å². The first kappa shape index (κ1) is 13.7. The normalized spacial score (nSPS) is 19.0. The van der Waals surface area contributed by atoms with Crippen LogP contribution in [-0.4, -0.2) is 23.3 Å². The molecule has 1 amide bonds. The average Bonchev–Trinajstić information content (AvgIpc) is 2.70. The highest BCUT2D eigenvalue weighted by Crippen LogP contribution is 2.32. The van der Waals surface area contributed by atoms with Crippen molar-refractivity contribution in [2.24, 2.45) is 5.92 Å². The molecule has 0 radical (unpaired) electrons. The van der Waals surface area contributed by atoms with Gasteiger partial charge in [-0.1, -0.05) is 0 Å². The molecule has 0 N–H and O–H groups in total. The maximum Gasteiger partial charge on any atom is 0.307 e. The smallest absolute Gasteiger partial charge is 0.307 e. The van der Waals surface area contributed by atoms with Gasteiger partial charge in [0.05, 0.1) is 10.6 Å². The molecule has 0 bridgehead atoms. The van der Waals surface area contributed by atoms with Gasteiger partial charge in [-0.2, -0.15) is 4.39 Å². The lowest BCUT2D eigenvalue weighted by Gasteiger charge is -2.17. The Balaban J connectivity index is 2.42. The summed E-state index contributed by atoms with van der Waals surface area (Å²) in [6, 6.07) is 1.15. The first-order chi connectivity index (χ1) is 8.93. The number of halogens is 3. The number of hydrogen-bond donors (Lipinski definition) is 0. The highest BCUT2D eigenvalue weighted by molar-refractivity contribution is 6.18. The second-order valence-electron chi connectivity index (χ2n) is 4.24. The molecule has 1 heterocycles. The molecule has 1 aromatic carbocycles. The first-order valence-corrected chi connectivity index (χ1v) is 5.97. The Morgan fingerprint density at radius 1 is 1.42 bits per heavy atom. The van der Waals surface area contributed by atoms with Crippen LogP contribution in [0.2, 0.25) is 0 Å². The van der Waals surface area contributed by atoms with Crippen molar-refractivity contribution in [3.8, 4) is 0 Å². The van der Waals surface area contributed by atoms with Gasteiger partial charge in [-0.05, 0) is 5.92 Å². The molecule has 1 fully saturated rings. The highest BCUT2D eigenvalue weighted by Gasteiger charge is 2.33. The molecule has 0 aromatic heterocycles. The van der Waals surface area contributed by atoms with E-state index in [1.165, 1.54) is 0 Å². The summed E-state index contributed by atoms with van der Waals surface area (Å²) < 4.78 is 26.9. The zero-order valence-corrected chi connectivity index (χ0v) is 10.4. The monoisotopic (exact) mass is 290 g/mol. The molecule has 8 heteroatoms. The molecule has 1 aliphatic heterocycles. The van der Waals surface area contributed by atoms with E-state index in [9.17, 15) is 23.7 Å². The number of carbonyl (C=O) groups is 1. The van der Waals surface area contributed by atoms with Crippen molar-refractivity contribution >= 4 is 28.9 Å². The molecule has 1 unspecified atom stereocenters. The van der Waals surface area contributed by atoms with Crippen molar-refractivity contribution in [1.82, 2.24) is 0 Å². The zero-order valence-electron chi connectivity index (χ0n) is 9.61. The van der Waals surface area contributed by atoms with Gasteiger partial charge in [-0.15, -0.1) is 11.6 Å². The number of nitro groups is 1. The van der Waals surface area contributed by atoms with Crippen molar-refractivity contribution in [2.75, 3.05) is 17.3 Å². The van der Waals surface area contributed by atoms with Gasteiger partial charge in [0.15, 0.2) is 0 Å². The molecule has 5 nitrogen and oxygen atoms in total. The van der Waals surface area contributed by atoms with Gasteiger partial charge in [-0.25, -0.2) is 4.39 Å². The van der Waals surface area contributed by atoms with Crippen LogP contribution < -0.4 is 4.90 Å². The molecule has 1 atom stereocenters. The van der Waals surface area contributed by atoms with Gasteiger partial charge in [0.2, 0.25) is 11.7 Å². The van der Waals surface area contributed by atoms with Crippen LogP contribution in [0.25, 0.3) is 0 Å². The number of rotatable bonds is 3. The van der Waals surface area contributed by atoms with Crippen LogP contribution in [0.4, 0.5) is 20.2 Å². The third kappa shape index (κ3) is 2.51. The lowest BCUT2D eigenvalue weighted by atomic mass is 10.1. The summed E-state index contributed by atoms with van der Waals surface area (Å²) in [4.78, 5) is 22.4. The third-order valence-corrected chi connectivity index (χ3v) is 3.36. The quantitative estimate of drug-likeness (QED) is 0.488. The molecular weight excluding hydrogens is 282 g/mol. The molecule has 19 heavy (non-hydrogen) atoms. The van der Waals surface area contributed by atoms with Crippen molar-refractivity contribution in [2.45, 2.75) is 6.42 Å².